The molecule has 1 fully saturated rings. The van der Waals surface area contributed by atoms with Crippen molar-refractivity contribution >= 4 is 5.78 Å². The van der Waals surface area contributed by atoms with Crippen molar-refractivity contribution in [2.24, 2.45) is 11.8 Å². The Morgan fingerprint density at radius 3 is 2.79 bits per heavy atom. The average Bonchev–Trinajstić information content (AvgIpc) is 2.46. The Morgan fingerprint density at radius 2 is 2.05 bits per heavy atom. The van der Waals surface area contributed by atoms with Crippen molar-refractivity contribution in [3.05, 3.63) is 35.9 Å². The molecule has 2 nitrogen and oxygen atoms in total. The minimum absolute atomic E-state index is 0.313. The van der Waals surface area contributed by atoms with E-state index in [1.54, 1.807) is 0 Å². The first kappa shape index (κ1) is 14.3. The Balaban J connectivity index is 1.65. The van der Waals surface area contributed by atoms with Gasteiger partial charge < -0.3 is 4.74 Å². The van der Waals surface area contributed by atoms with Crippen LogP contribution in [0.2, 0.25) is 0 Å². The third kappa shape index (κ3) is 4.46. The number of carbonyl (C=O) groups is 1. The molecule has 1 aliphatic rings. The van der Waals surface area contributed by atoms with E-state index < -0.39 is 0 Å². The number of benzene rings is 1. The Bertz CT molecular complexity index is 386. The Morgan fingerprint density at radius 1 is 1.26 bits per heavy atom. The Hall–Kier alpha value is -1.15. The van der Waals surface area contributed by atoms with Crippen molar-refractivity contribution in [2.75, 3.05) is 6.61 Å². The highest BCUT2D eigenvalue weighted by atomic mass is 16.5. The van der Waals surface area contributed by atoms with Crippen LogP contribution < -0.4 is 0 Å². The van der Waals surface area contributed by atoms with Gasteiger partial charge in [0.1, 0.15) is 5.78 Å². The number of ether oxygens (including phenoxy) is 1. The highest BCUT2D eigenvalue weighted by molar-refractivity contribution is 5.81. The third-order valence-electron chi connectivity index (χ3n) is 4.15. The fourth-order valence-electron chi connectivity index (χ4n) is 2.87. The van der Waals surface area contributed by atoms with Gasteiger partial charge in [-0.05, 0) is 37.2 Å². The number of Topliss-reactive ketones (excluding diaryl/α,β-unsaturated/α-hetero) is 1. The number of hydrogen-bond acceptors (Lipinski definition) is 2. The van der Waals surface area contributed by atoms with Crippen molar-refractivity contribution in [1.29, 1.82) is 0 Å². The normalized spacial score (nSPS) is 23.5. The first-order valence-corrected chi connectivity index (χ1v) is 7.44. The van der Waals surface area contributed by atoms with E-state index in [9.17, 15) is 4.79 Å². The fraction of sp³-hybridized carbons (Fsp3) is 0.588. The number of hydrogen-bond donors (Lipinski definition) is 0. The zero-order valence-corrected chi connectivity index (χ0v) is 11.8. The van der Waals surface area contributed by atoms with Gasteiger partial charge in [-0.25, -0.2) is 0 Å². The molecule has 2 rings (SSSR count). The minimum atomic E-state index is 0.313. The first-order chi connectivity index (χ1) is 9.29. The molecule has 2 atom stereocenters. The molecule has 0 spiro atoms. The summed E-state index contributed by atoms with van der Waals surface area (Å²) in [5.74, 6) is 1.47. The summed E-state index contributed by atoms with van der Waals surface area (Å²) >= 11 is 0. The second-order valence-electron chi connectivity index (χ2n) is 5.54. The van der Waals surface area contributed by atoms with Crippen LogP contribution in [0.4, 0.5) is 0 Å². The highest BCUT2D eigenvalue weighted by Crippen LogP contribution is 2.30. The Kier molecular flexibility index (Phi) is 5.59. The highest BCUT2D eigenvalue weighted by Gasteiger charge is 2.26. The van der Waals surface area contributed by atoms with E-state index in [4.69, 9.17) is 4.74 Å². The number of rotatable bonds is 6. The molecule has 0 amide bonds. The topological polar surface area (TPSA) is 26.3 Å². The predicted octanol–water partition coefficient (Wildman–Crippen LogP) is 3.99. The largest absolute Gasteiger partial charge is 0.377 e. The summed E-state index contributed by atoms with van der Waals surface area (Å²) in [5, 5.41) is 0. The third-order valence-corrected chi connectivity index (χ3v) is 4.15. The summed E-state index contributed by atoms with van der Waals surface area (Å²) in [7, 11) is 0. The van der Waals surface area contributed by atoms with E-state index >= 15 is 0 Å². The van der Waals surface area contributed by atoms with Crippen LogP contribution in [-0.2, 0) is 16.1 Å². The van der Waals surface area contributed by atoms with Gasteiger partial charge in [0, 0.05) is 18.9 Å². The summed E-state index contributed by atoms with van der Waals surface area (Å²) < 4.78 is 5.73. The van der Waals surface area contributed by atoms with Gasteiger partial charge in [-0.2, -0.15) is 0 Å². The smallest absolute Gasteiger partial charge is 0.135 e. The molecule has 1 aromatic carbocycles. The van der Waals surface area contributed by atoms with Crippen LogP contribution in [-0.4, -0.2) is 12.4 Å². The SMILES string of the molecule is CCC1CC(CCOCc2ccccc2)CCC1=O. The lowest BCUT2D eigenvalue weighted by Crippen LogP contribution is -2.25. The summed E-state index contributed by atoms with van der Waals surface area (Å²) in [5.41, 5.74) is 1.23. The minimum Gasteiger partial charge on any atom is -0.377 e. The van der Waals surface area contributed by atoms with Crippen LogP contribution in [0.25, 0.3) is 0 Å². The van der Waals surface area contributed by atoms with E-state index in [1.165, 1.54) is 5.56 Å². The molecular formula is C17H24O2. The van der Waals surface area contributed by atoms with Crippen LogP contribution in [0.5, 0.6) is 0 Å². The van der Waals surface area contributed by atoms with Crippen LogP contribution in [0.3, 0.4) is 0 Å². The molecule has 2 heteroatoms. The second kappa shape index (κ2) is 7.44. The van der Waals surface area contributed by atoms with E-state index in [0.717, 1.165) is 38.7 Å². The van der Waals surface area contributed by atoms with Crippen LogP contribution >= 0.6 is 0 Å². The maximum absolute atomic E-state index is 11.7. The van der Waals surface area contributed by atoms with Gasteiger partial charge in [0.15, 0.2) is 0 Å². The van der Waals surface area contributed by atoms with Crippen LogP contribution in [0, 0.1) is 11.8 Å². The Labute approximate surface area is 116 Å². The maximum atomic E-state index is 11.7. The van der Waals surface area contributed by atoms with E-state index in [1.807, 2.05) is 18.2 Å². The lowest BCUT2D eigenvalue weighted by atomic mass is 9.78. The molecule has 0 N–H and O–H groups in total. The van der Waals surface area contributed by atoms with E-state index in [2.05, 4.69) is 19.1 Å². The van der Waals surface area contributed by atoms with Crippen molar-refractivity contribution in [3.63, 3.8) is 0 Å². The van der Waals surface area contributed by atoms with Gasteiger partial charge in [0.05, 0.1) is 6.61 Å². The van der Waals surface area contributed by atoms with E-state index in [-0.39, 0.29) is 0 Å². The second-order valence-corrected chi connectivity index (χ2v) is 5.54. The van der Waals surface area contributed by atoms with E-state index in [0.29, 0.717) is 24.2 Å². The zero-order valence-electron chi connectivity index (χ0n) is 11.8. The lowest BCUT2D eigenvalue weighted by Gasteiger charge is -2.27. The molecular weight excluding hydrogens is 236 g/mol. The standard InChI is InChI=1S/C17H24O2/c1-2-16-12-14(8-9-17(16)18)10-11-19-13-15-6-4-3-5-7-15/h3-7,14,16H,2,8-13H2,1H3. The van der Waals surface area contributed by atoms with Crippen molar-refractivity contribution in [3.8, 4) is 0 Å². The van der Waals surface area contributed by atoms with Gasteiger partial charge in [0.25, 0.3) is 0 Å². The molecule has 19 heavy (non-hydrogen) atoms. The molecule has 0 aromatic heterocycles. The van der Waals surface area contributed by atoms with Gasteiger partial charge >= 0.3 is 0 Å². The molecule has 2 unspecified atom stereocenters. The van der Waals surface area contributed by atoms with Crippen molar-refractivity contribution < 1.29 is 9.53 Å². The summed E-state index contributed by atoms with van der Waals surface area (Å²) in [6.07, 6.45) is 5.01. The van der Waals surface area contributed by atoms with Gasteiger partial charge in [-0.1, -0.05) is 37.3 Å². The molecule has 1 aromatic rings. The van der Waals surface area contributed by atoms with Crippen LogP contribution in [0.15, 0.2) is 30.3 Å². The first-order valence-electron chi connectivity index (χ1n) is 7.44. The average molecular weight is 260 g/mol. The molecule has 1 saturated carbocycles. The molecule has 0 radical (unpaired) electrons. The molecule has 0 saturated heterocycles. The molecule has 0 heterocycles. The summed E-state index contributed by atoms with van der Waals surface area (Å²) in [4.78, 5) is 11.7. The van der Waals surface area contributed by atoms with Gasteiger partial charge in [0.2, 0.25) is 0 Å². The quantitative estimate of drug-likeness (QED) is 0.723. The molecule has 104 valence electrons. The maximum Gasteiger partial charge on any atom is 0.135 e. The predicted molar refractivity (Wildman–Crippen MR) is 76.8 cm³/mol. The molecule has 1 aliphatic carbocycles. The fourth-order valence-corrected chi connectivity index (χ4v) is 2.87. The van der Waals surface area contributed by atoms with Crippen molar-refractivity contribution in [2.45, 2.75) is 45.6 Å². The molecule has 0 aliphatic heterocycles. The monoisotopic (exact) mass is 260 g/mol. The number of ketones is 1. The number of carbonyl (C=O) groups excluding carboxylic acids is 1. The van der Waals surface area contributed by atoms with Crippen molar-refractivity contribution in [1.82, 2.24) is 0 Å². The zero-order chi connectivity index (χ0) is 13.5. The van der Waals surface area contributed by atoms with Gasteiger partial charge in [-0.15, -0.1) is 0 Å². The van der Waals surface area contributed by atoms with Gasteiger partial charge in [-0.3, -0.25) is 4.79 Å². The summed E-state index contributed by atoms with van der Waals surface area (Å²) in [6.45, 7) is 3.63. The lowest BCUT2D eigenvalue weighted by molar-refractivity contribution is -0.125. The summed E-state index contributed by atoms with van der Waals surface area (Å²) in [6, 6.07) is 10.3. The molecule has 0 bridgehead atoms. The van der Waals surface area contributed by atoms with Crippen LogP contribution in [0.1, 0.15) is 44.6 Å².